The lowest BCUT2D eigenvalue weighted by molar-refractivity contribution is 0.101. The second kappa shape index (κ2) is 6.59. The molecule has 130 valence electrons. The van der Waals surface area contributed by atoms with E-state index in [4.69, 9.17) is 16.0 Å². The van der Waals surface area contributed by atoms with Gasteiger partial charge in [-0.05, 0) is 71.7 Å². The summed E-state index contributed by atoms with van der Waals surface area (Å²) in [6.07, 6.45) is 0. The molecule has 2 aromatic carbocycles. The fourth-order valence-electron chi connectivity index (χ4n) is 2.80. The molecule has 0 spiro atoms. The monoisotopic (exact) mass is 440 g/mol. The van der Waals surface area contributed by atoms with Gasteiger partial charge in [-0.15, -0.1) is 0 Å². The molecule has 0 bridgehead atoms. The molecular weight excluding hydrogens is 428 g/mol. The van der Waals surface area contributed by atoms with Gasteiger partial charge in [-0.1, -0.05) is 11.6 Å². The predicted octanol–water partition coefficient (Wildman–Crippen LogP) is 5.33. The first kappa shape index (κ1) is 18.2. The molecule has 7 heteroatoms. The lowest BCUT2D eigenvalue weighted by Crippen LogP contribution is -2.05. The molecule has 0 atom stereocenters. The van der Waals surface area contributed by atoms with E-state index in [-0.39, 0.29) is 16.4 Å². The van der Waals surface area contributed by atoms with Gasteiger partial charge in [0.05, 0.1) is 20.7 Å². The molecule has 0 aliphatic carbocycles. The molecule has 0 unspecified atom stereocenters. The third kappa shape index (κ3) is 3.52. The topological polar surface area (TPSA) is 64.3 Å². The quantitative estimate of drug-likeness (QED) is 0.513. The maximum Gasteiger partial charge on any atom is 0.182 e. The molecule has 1 aromatic heterocycles. The van der Waals surface area contributed by atoms with E-state index in [1.807, 2.05) is 0 Å². The number of carbonyl (C=O) groups excluding carboxylic acids is 1. The fourth-order valence-corrected chi connectivity index (χ4v) is 4.84. The van der Waals surface area contributed by atoms with Crippen LogP contribution in [0.5, 0.6) is 0 Å². The van der Waals surface area contributed by atoms with Crippen LogP contribution in [0, 0.1) is 6.92 Å². The normalized spacial score (nSPS) is 11.8. The van der Waals surface area contributed by atoms with Crippen molar-refractivity contribution in [3.05, 3.63) is 62.8 Å². The van der Waals surface area contributed by atoms with Crippen molar-refractivity contribution in [3.63, 3.8) is 0 Å². The average molecular weight is 442 g/mol. The molecule has 0 radical (unpaired) electrons. The van der Waals surface area contributed by atoms with Gasteiger partial charge in [0, 0.05) is 10.4 Å². The van der Waals surface area contributed by atoms with Crippen LogP contribution in [0.1, 0.15) is 28.6 Å². The number of Topliss-reactive ketones (excluding diaryl/α,β-unsaturated/α-hetero) is 1. The summed E-state index contributed by atoms with van der Waals surface area (Å²) in [7, 11) is -3.54. The number of carbonyl (C=O) groups is 1. The SMILES string of the molecule is CC(=O)c1c(C)oc2c(Br)cc(CS(=O)(=O)c3ccc(Cl)cc3)cc12. The van der Waals surface area contributed by atoms with Crippen molar-refractivity contribution in [2.24, 2.45) is 0 Å². The molecule has 0 saturated heterocycles. The van der Waals surface area contributed by atoms with Crippen molar-refractivity contribution in [3.8, 4) is 0 Å². The minimum absolute atomic E-state index is 0.124. The van der Waals surface area contributed by atoms with Crippen LogP contribution in [0.4, 0.5) is 0 Å². The van der Waals surface area contributed by atoms with Crippen LogP contribution in [0.15, 0.2) is 50.2 Å². The summed E-state index contributed by atoms with van der Waals surface area (Å²) in [6.45, 7) is 3.18. The van der Waals surface area contributed by atoms with E-state index in [1.165, 1.54) is 19.1 Å². The number of benzene rings is 2. The van der Waals surface area contributed by atoms with Crippen molar-refractivity contribution in [2.75, 3.05) is 0 Å². The van der Waals surface area contributed by atoms with Crippen LogP contribution in [-0.4, -0.2) is 14.2 Å². The summed E-state index contributed by atoms with van der Waals surface area (Å²) >= 11 is 9.21. The number of hydrogen-bond donors (Lipinski definition) is 0. The highest BCUT2D eigenvalue weighted by atomic mass is 79.9. The van der Waals surface area contributed by atoms with Crippen LogP contribution >= 0.6 is 27.5 Å². The van der Waals surface area contributed by atoms with Gasteiger partial charge in [-0.2, -0.15) is 0 Å². The lowest BCUT2D eigenvalue weighted by atomic mass is 10.1. The van der Waals surface area contributed by atoms with Crippen LogP contribution in [0.25, 0.3) is 11.0 Å². The zero-order valence-corrected chi connectivity index (χ0v) is 16.6. The first-order valence-corrected chi connectivity index (χ1v) is 10.2. The Balaban J connectivity index is 2.09. The molecule has 0 saturated carbocycles. The van der Waals surface area contributed by atoms with Crippen LogP contribution in [-0.2, 0) is 15.6 Å². The van der Waals surface area contributed by atoms with E-state index in [2.05, 4.69) is 15.9 Å². The third-order valence-electron chi connectivity index (χ3n) is 3.86. The summed E-state index contributed by atoms with van der Waals surface area (Å²) < 4.78 is 31.5. The average Bonchev–Trinajstić information content (AvgIpc) is 2.84. The van der Waals surface area contributed by atoms with Gasteiger partial charge in [-0.3, -0.25) is 4.79 Å². The molecule has 0 aliphatic rings. The first-order chi connectivity index (χ1) is 11.7. The standard InChI is InChI=1S/C18H14BrClO4S/c1-10(21)17-11(2)24-18-15(17)7-12(8-16(18)19)9-25(22,23)14-5-3-13(20)4-6-14/h3-8H,9H2,1-2H3. The van der Waals surface area contributed by atoms with E-state index in [0.717, 1.165) is 0 Å². The van der Waals surface area contributed by atoms with Gasteiger partial charge in [0.25, 0.3) is 0 Å². The second-order valence-corrected chi connectivity index (χ2v) is 9.04. The van der Waals surface area contributed by atoms with Crippen molar-refractivity contribution >= 4 is 54.1 Å². The maximum absolute atomic E-state index is 12.6. The first-order valence-electron chi connectivity index (χ1n) is 7.40. The van der Waals surface area contributed by atoms with E-state index >= 15 is 0 Å². The highest BCUT2D eigenvalue weighted by Crippen LogP contribution is 2.34. The van der Waals surface area contributed by atoms with Crippen LogP contribution in [0.3, 0.4) is 0 Å². The summed E-state index contributed by atoms with van der Waals surface area (Å²) in [4.78, 5) is 12.1. The highest BCUT2D eigenvalue weighted by molar-refractivity contribution is 9.10. The molecular formula is C18H14BrClO4S. The number of halogens is 2. The largest absolute Gasteiger partial charge is 0.459 e. The molecule has 0 amide bonds. The van der Waals surface area contributed by atoms with Crippen molar-refractivity contribution < 1.29 is 17.6 Å². The number of ketones is 1. The number of hydrogen-bond acceptors (Lipinski definition) is 4. The second-order valence-electron chi connectivity index (χ2n) is 5.76. The van der Waals surface area contributed by atoms with Crippen LogP contribution in [0.2, 0.25) is 5.02 Å². The lowest BCUT2D eigenvalue weighted by Gasteiger charge is -2.06. The number of furan rings is 1. The number of rotatable bonds is 4. The fraction of sp³-hybridized carbons (Fsp3) is 0.167. The Morgan fingerprint density at radius 3 is 2.44 bits per heavy atom. The molecule has 0 N–H and O–H groups in total. The Labute approximate surface area is 158 Å². The number of sulfone groups is 1. The van der Waals surface area contributed by atoms with Gasteiger partial charge < -0.3 is 4.42 Å². The van der Waals surface area contributed by atoms with E-state index in [1.54, 1.807) is 31.2 Å². The maximum atomic E-state index is 12.6. The van der Waals surface area contributed by atoms with Crippen LogP contribution < -0.4 is 0 Å². The highest BCUT2D eigenvalue weighted by Gasteiger charge is 2.21. The molecule has 25 heavy (non-hydrogen) atoms. The van der Waals surface area contributed by atoms with E-state index in [0.29, 0.717) is 37.4 Å². The zero-order chi connectivity index (χ0) is 18.4. The summed E-state index contributed by atoms with van der Waals surface area (Å²) in [5.41, 5.74) is 1.58. The zero-order valence-electron chi connectivity index (χ0n) is 13.5. The molecule has 4 nitrogen and oxygen atoms in total. The third-order valence-corrected chi connectivity index (χ3v) is 6.41. The summed E-state index contributed by atoms with van der Waals surface area (Å²) in [5, 5.41) is 1.09. The summed E-state index contributed by atoms with van der Waals surface area (Å²) in [6, 6.07) is 9.44. The van der Waals surface area contributed by atoms with Gasteiger partial charge >= 0.3 is 0 Å². The molecule has 0 fully saturated rings. The van der Waals surface area contributed by atoms with Crippen molar-refractivity contribution in [1.82, 2.24) is 0 Å². The number of aryl methyl sites for hydroxylation is 1. The Kier molecular flexibility index (Phi) is 4.79. The predicted molar refractivity (Wildman–Crippen MR) is 101 cm³/mol. The molecule has 3 rings (SSSR count). The Morgan fingerprint density at radius 2 is 1.84 bits per heavy atom. The molecule has 3 aromatic rings. The van der Waals surface area contributed by atoms with Crippen molar-refractivity contribution in [1.29, 1.82) is 0 Å². The van der Waals surface area contributed by atoms with Gasteiger partial charge in [0.15, 0.2) is 15.6 Å². The van der Waals surface area contributed by atoms with E-state index in [9.17, 15) is 13.2 Å². The molecule has 0 aliphatic heterocycles. The summed E-state index contributed by atoms with van der Waals surface area (Å²) in [5.74, 6) is 0.201. The van der Waals surface area contributed by atoms with Gasteiger partial charge in [-0.25, -0.2) is 8.42 Å². The minimum atomic E-state index is -3.54. The van der Waals surface area contributed by atoms with Gasteiger partial charge in [0.1, 0.15) is 11.3 Å². The smallest absolute Gasteiger partial charge is 0.182 e. The Bertz CT molecular complexity index is 1080. The molecule has 1 heterocycles. The Hall–Kier alpha value is -1.63. The Morgan fingerprint density at radius 1 is 1.20 bits per heavy atom. The van der Waals surface area contributed by atoms with E-state index < -0.39 is 9.84 Å². The number of fused-ring (bicyclic) bond motifs is 1. The van der Waals surface area contributed by atoms with Crippen molar-refractivity contribution in [2.45, 2.75) is 24.5 Å². The van der Waals surface area contributed by atoms with Gasteiger partial charge in [0.2, 0.25) is 0 Å². The minimum Gasteiger partial charge on any atom is -0.459 e.